The molecule has 0 bridgehead atoms. The highest BCUT2D eigenvalue weighted by Gasteiger charge is 2.57. The molecule has 5 heterocycles. The summed E-state index contributed by atoms with van der Waals surface area (Å²) < 4.78 is 6.73. The Kier molecular flexibility index (Phi) is 6.64. The van der Waals surface area contributed by atoms with Gasteiger partial charge in [-0.1, -0.05) is 18.2 Å². The van der Waals surface area contributed by atoms with Crippen molar-refractivity contribution in [3.05, 3.63) is 124 Å². The Balaban J connectivity index is 1.30. The Bertz CT molecular complexity index is 2440. The number of aromatic nitrogens is 4. The molecule has 2 aliphatic heterocycles. The molecule has 0 aliphatic carbocycles. The fourth-order valence-electron chi connectivity index (χ4n) is 7.69. The molecule has 0 saturated heterocycles. The highest BCUT2D eigenvalue weighted by atomic mass is 16.5. The molecule has 0 saturated carbocycles. The molecule has 1 spiro atoms. The van der Waals surface area contributed by atoms with E-state index < -0.39 is 5.54 Å². The van der Waals surface area contributed by atoms with Crippen LogP contribution in [-0.4, -0.2) is 50.2 Å². The summed E-state index contributed by atoms with van der Waals surface area (Å²) in [4.78, 5) is 32.4. The fraction of sp³-hybridized carbons (Fsp3) is 0.175. The molecule has 50 heavy (non-hydrogen) atoms. The predicted molar refractivity (Wildman–Crippen MR) is 198 cm³/mol. The molecule has 3 N–H and O–H groups in total. The van der Waals surface area contributed by atoms with Crippen LogP contribution in [0.1, 0.15) is 57.8 Å². The number of carbonyl (C=O) groups excluding carboxylic acids is 1. The summed E-state index contributed by atoms with van der Waals surface area (Å²) in [6, 6.07) is 23.9. The van der Waals surface area contributed by atoms with Crippen LogP contribution in [-0.2, 0) is 5.54 Å². The molecule has 2 aliphatic rings. The number of carbonyl (C=O) groups is 1. The zero-order valence-electron chi connectivity index (χ0n) is 28.1. The summed E-state index contributed by atoms with van der Waals surface area (Å²) in [6.45, 7) is 9.81. The molecule has 7 aromatic rings. The first-order valence-electron chi connectivity index (χ1n) is 16.9. The average molecular weight is 659 g/mol. The second kappa shape index (κ2) is 11.1. The number of benzene rings is 4. The molecule has 4 aromatic carbocycles. The average Bonchev–Trinajstić information content (AvgIpc) is 3.67. The Morgan fingerprint density at radius 1 is 0.800 bits per heavy atom. The van der Waals surface area contributed by atoms with Gasteiger partial charge in [-0.15, -0.1) is 0 Å². The van der Waals surface area contributed by atoms with Crippen molar-refractivity contribution in [3.63, 3.8) is 0 Å². The van der Waals surface area contributed by atoms with Crippen LogP contribution in [0.3, 0.4) is 0 Å². The van der Waals surface area contributed by atoms with Gasteiger partial charge in [-0.3, -0.25) is 14.8 Å². The van der Waals surface area contributed by atoms with Gasteiger partial charge in [0.05, 0.1) is 28.3 Å². The number of hydrogen-bond donors (Lipinski definition) is 3. The Morgan fingerprint density at radius 2 is 1.42 bits per heavy atom. The van der Waals surface area contributed by atoms with Crippen LogP contribution >= 0.6 is 0 Å². The van der Waals surface area contributed by atoms with E-state index in [1.54, 1.807) is 23.6 Å². The van der Waals surface area contributed by atoms with Crippen molar-refractivity contribution in [3.8, 4) is 11.5 Å². The maximum Gasteiger partial charge on any atom is 0.275 e. The van der Waals surface area contributed by atoms with Crippen LogP contribution in [0.2, 0.25) is 0 Å². The number of amides is 1. The largest absolute Gasteiger partial charge is 0.456 e. The number of fused-ring (bicyclic) bond motifs is 12. The second-order valence-electron chi connectivity index (χ2n) is 12.8. The zero-order chi connectivity index (χ0) is 34.1. The standard InChI is InChI=1S/C40H34N8O2/c1-5-41-30-19-32-28(17-22(30)3)40(29-18-23(4)31(42-6-2)20-33(29)50-32)27-14-8-7-11-24(27)39(49)48(40)45-21-34-46-37-25-12-9-15-43-35(25)36-26(38(37)47-34)13-10-16-44-36/h7-21,41-42H,5-6H2,1-4H3,(H,46,47)/b45-21+. The number of pyridine rings is 2. The van der Waals surface area contributed by atoms with E-state index in [1.165, 1.54) is 0 Å². The first-order chi connectivity index (χ1) is 24.4. The lowest BCUT2D eigenvalue weighted by Crippen LogP contribution is -2.44. The molecule has 0 radical (unpaired) electrons. The van der Waals surface area contributed by atoms with Crippen LogP contribution in [0.25, 0.3) is 32.8 Å². The monoisotopic (exact) mass is 658 g/mol. The van der Waals surface area contributed by atoms with Crippen molar-refractivity contribution in [2.75, 3.05) is 23.7 Å². The number of nitrogens with one attached hydrogen (secondary N) is 3. The molecule has 3 aromatic heterocycles. The number of imidazole rings is 1. The van der Waals surface area contributed by atoms with Crippen LogP contribution in [0, 0.1) is 13.8 Å². The Labute approximate surface area is 288 Å². The lowest BCUT2D eigenvalue weighted by atomic mass is 9.74. The fourth-order valence-corrected chi connectivity index (χ4v) is 7.69. The number of aromatic amines is 1. The summed E-state index contributed by atoms with van der Waals surface area (Å²) in [7, 11) is 0. The third-order valence-corrected chi connectivity index (χ3v) is 9.83. The highest BCUT2D eigenvalue weighted by Crippen LogP contribution is 2.59. The van der Waals surface area contributed by atoms with E-state index in [9.17, 15) is 4.79 Å². The molecule has 9 rings (SSSR count). The number of hydrazone groups is 1. The summed E-state index contributed by atoms with van der Waals surface area (Å²) in [6.07, 6.45) is 5.18. The molecular weight excluding hydrogens is 624 g/mol. The normalized spacial score (nSPS) is 14.4. The Morgan fingerprint density at radius 3 is 2.08 bits per heavy atom. The van der Waals surface area contributed by atoms with Gasteiger partial charge in [-0.05, 0) is 81.3 Å². The van der Waals surface area contributed by atoms with E-state index in [-0.39, 0.29) is 5.91 Å². The molecular formula is C40H34N8O2. The van der Waals surface area contributed by atoms with Crippen LogP contribution in [0.5, 0.6) is 11.5 Å². The SMILES string of the molecule is CCNc1cc2c(cc1C)C1(c3cc(C)c(NCC)cc3O2)c2ccccc2C(=O)N1/N=C/c1nc2c3cccnc3c3ncccc3c2[nH]1. The van der Waals surface area contributed by atoms with E-state index in [4.69, 9.17) is 14.8 Å². The summed E-state index contributed by atoms with van der Waals surface area (Å²) in [5.41, 5.74) is 9.20. The first-order valence-corrected chi connectivity index (χ1v) is 16.9. The van der Waals surface area contributed by atoms with Gasteiger partial charge in [-0.2, -0.15) is 5.10 Å². The number of anilines is 2. The topological polar surface area (TPSA) is 120 Å². The van der Waals surface area contributed by atoms with Gasteiger partial charge in [0.25, 0.3) is 5.91 Å². The van der Waals surface area contributed by atoms with E-state index in [2.05, 4.69) is 65.4 Å². The number of hydrogen-bond acceptors (Lipinski definition) is 8. The maximum absolute atomic E-state index is 14.6. The van der Waals surface area contributed by atoms with Crippen molar-refractivity contribution >= 4 is 56.3 Å². The van der Waals surface area contributed by atoms with Crippen molar-refractivity contribution in [2.45, 2.75) is 33.2 Å². The van der Waals surface area contributed by atoms with Gasteiger partial charge < -0.3 is 20.4 Å². The third kappa shape index (κ3) is 4.11. The van der Waals surface area contributed by atoms with Gasteiger partial charge in [-0.25, -0.2) is 9.99 Å². The minimum absolute atomic E-state index is 0.210. The maximum atomic E-state index is 14.6. The predicted octanol–water partition coefficient (Wildman–Crippen LogP) is 8.03. The first kappa shape index (κ1) is 29.8. The molecule has 1 amide bonds. The Hall–Kier alpha value is -6.29. The van der Waals surface area contributed by atoms with Crippen molar-refractivity contribution in [1.29, 1.82) is 0 Å². The van der Waals surface area contributed by atoms with Crippen molar-refractivity contribution < 1.29 is 9.53 Å². The molecule has 0 atom stereocenters. The number of nitrogens with zero attached hydrogens (tertiary/aromatic N) is 5. The minimum Gasteiger partial charge on any atom is -0.456 e. The second-order valence-corrected chi connectivity index (χ2v) is 12.8. The number of H-pyrrole nitrogens is 1. The summed E-state index contributed by atoms with van der Waals surface area (Å²) >= 11 is 0. The van der Waals surface area contributed by atoms with Gasteiger partial charge in [0.1, 0.15) is 17.0 Å². The highest BCUT2D eigenvalue weighted by molar-refractivity contribution is 6.21. The van der Waals surface area contributed by atoms with E-state index in [0.29, 0.717) is 22.9 Å². The molecule has 10 nitrogen and oxygen atoms in total. The smallest absolute Gasteiger partial charge is 0.275 e. The molecule has 0 unspecified atom stereocenters. The minimum atomic E-state index is -1.11. The van der Waals surface area contributed by atoms with Crippen LogP contribution < -0.4 is 15.4 Å². The zero-order valence-corrected chi connectivity index (χ0v) is 28.1. The summed E-state index contributed by atoms with van der Waals surface area (Å²) in [5.74, 6) is 1.62. The molecule has 10 heteroatoms. The lowest BCUT2D eigenvalue weighted by Gasteiger charge is -2.42. The number of rotatable bonds is 6. The third-order valence-electron chi connectivity index (χ3n) is 9.83. The summed E-state index contributed by atoms with van der Waals surface area (Å²) in [5, 5.41) is 15.4. The van der Waals surface area contributed by atoms with Gasteiger partial charge in [0.2, 0.25) is 0 Å². The van der Waals surface area contributed by atoms with E-state index in [0.717, 1.165) is 85.1 Å². The number of ether oxygens (including phenoxy) is 1. The lowest BCUT2D eigenvalue weighted by molar-refractivity contribution is 0.0675. The molecule has 246 valence electrons. The quantitative estimate of drug-likeness (QED) is 0.122. The van der Waals surface area contributed by atoms with Crippen LogP contribution in [0.15, 0.2) is 90.3 Å². The number of aryl methyl sites for hydroxylation is 2. The van der Waals surface area contributed by atoms with Gasteiger partial charge >= 0.3 is 0 Å². The van der Waals surface area contributed by atoms with Crippen LogP contribution in [0.4, 0.5) is 11.4 Å². The van der Waals surface area contributed by atoms with Crippen molar-refractivity contribution in [1.82, 2.24) is 24.9 Å². The van der Waals surface area contributed by atoms with E-state index in [1.807, 2.05) is 60.7 Å². The van der Waals surface area contributed by atoms with E-state index >= 15 is 0 Å². The molecule has 0 fully saturated rings. The van der Waals surface area contributed by atoms with Gasteiger partial charge in [0.15, 0.2) is 5.82 Å². The van der Waals surface area contributed by atoms with Gasteiger partial charge in [0, 0.05) is 82.0 Å². The van der Waals surface area contributed by atoms with Crippen molar-refractivity contribution in [2.24, 2.45) is 5.10 Å².